The molecule has 0 fully saturated rings. The van der Waals surface area contributed by atoms with Gasteiger partial charge >= 0.3 is 0 Å². The summed E-state index contributed by atoms with van der Waals surface area (Å²) < 4.78 is 5.57. The largest absolute Gasteiger partial charge is 0.494 e. The maximum atomic E-state index is 11.9. The van der Waals surface area contributed by atoms with Gasteiger partial charge in [-0.05, 0) is 25.0 Å². The summed E-state index contributed by atoms with van der Waals surface area (Å²) in [5.41, 5.74) is 5.80. The molecule has 4 nitrogen and oxygen atoms in total. The normalized spacial score (nSPS) is 11.9. The van der Waals surface area contributed by atoms with Gasteiger partial charge in [0.1, 0.15) is 5.75 Å². The number of hydrogen-bond donors (Lipinski definition) is 1. The van der Waals surface area contributed by atoms with Crippen LogP contribution in [0.2, 0.25) is 0 Å². The minimum atomic E-state index is -0.370. The Morgan fingerprint density at radius 2 is 2.05 bits per heavy atom. The molecule has 0 saturated carbocycles. The molecule has 106 valence electrons. The van der Waals surface area contributed by atoms with Crippen molar-refractivity contribution in [3.63, 3.8) is 0 Å². The molecule has 0 aliphatic carbocycles. The van der Waals surface area contributed by atoms with Crippen molar-refractivity contribution in [2.24, 2.45) is 5.73 Å². The Labute approximate surface area is 115 Å². The number of nitrogens with two attached hydrogens (primary N) is 1. The van der Waals surface area contributed by atoms with Crippen LogP contribution in [0.4, 0.5) is 0 Å². The van der Waals surface area contributed by atoms with E-state index in [0.29, 0.717) is 13.2 Å². The minimum Gasteiger partial charge on any atom is -0.494 e. The van der Waals surface area contributed by atoms with Crippen LogP contribution in [0.3, 0.4) is 0 Å². The van der Waals surface area contributed by atoms with E-state index in [4.69, 9.17) is 10.5 Å². The summed E-state index contributed by atoms with van der Waals surface area (Å²) in [7, 11) is 1.79. The molecule has 1 aromatic carbocycles. The molecule has 1 atom stereocenters. The molecule has 1 rings (SSSR count). The maximum absolute atomic E-state index is 11.9. The van der Waals surface area contributed by atoms with Gasteiger partial charge in [0.15, 0.2) is 0 Å². The van der Waals surface area contributed by atoms with Gasteiger partial charge in [0.2, 0.25) is 5.91 Å². The number of hydrogen-bond acceptors (Lipinski definition) is 3. The first-order valence-corrected chi connectivity index (χ1v) is 6.83. The van der Waals surface area contributed by atoms with Crippen LogP contribution in [0.1, 0.15) is 26.2 Å². The lowest BCUT2D eigenvalue weighted by Crippen LogP contribution is -2.42. The molecule has 2 N–H and O–H groups in total. The Kier molecular flexibility index (Phi) is 6.97. The lowest BCUT2D eigenvalue weighted by Gasteiger charge is -2.21. The molecule has 4 heteroatoms. The molecule has 0 unspecified atom stereocenters. The summed E-state index contributed by atoms with van der Waals surface area (Å²) in [6, 6.07) is 9.31. The third-order valence-electron chi connectivity index (χ3n) is 2.94. The van der Waals surface area contributed by atoms with Crippen molar-refractivity contribution in [3.05, 3.63) is 30.3 Å². The number of carbonyl (C=O) groups is 1. The van der Waals surface area contributed by atoms with E-state index in [2.05, 4.69) is 0 Å². The monoisotopic (exact) mass is 264 g/mol. The predicted molar refractivity (Wildman–Crippen MR) is 77.1 cm³/mol. The zero-order valence-electron chi connectivity index (χ0n) is 11.8. The van der Waals surface area contributed by atoms with Gasteiger partial charge in [-0.15, -0.1) is 0 Å². The van der Waals surface area contributed by atoms with Gasteiger partial charge in [-0.2, -0.15) is 0 Å². The fourth-order valence-electron chi connectivity index (χ4n) is 1.84. The Balaban J connectivity index is 2.20. The topological polar surface area (TPSA) is 55.6 Å². The smallest absolute Gasteiger partial charge is 0.239 e. The third-order valence-corrected chi connectivity index (χ3v) is 2.94. The quantitative estimate of drug-likeness (QED) is 0.731. The van der Waals surface area contributed by atoms with Gasteiger partial charge in [0.25, 0.3) is 0 Å². The van der Waals surface area contributed by atoms with Gasteiger partial charge < -0.3 is 15.4 Å². The zero-order valence-corrected chi connectivity index (χ0v) is 11.8. The van der Waals surface area contributed by atoms with Crippen LogP contribution in [0, 0.1) is 0 Å². The van der Waals surface area contributed by atoms with Crippen LogP contribution >= 0.6 is 0 Å². The molecule has 0 aliphatic rings. The molecule has 1 aromatic rings. The molecule has 0 bridgehead atoms. The molecular formula is C15H24N2O2. The van der Waals surface area contributed by atoms with Crippen LogP contribution in [0.15, 0.2) is 30.3 Å². The van der Waals surface area contributed by atoms with Gasteiger partial charge in [-0.3, -0.25) is 4.79 Å². The first-order valence-electron chi connectivity index (χ1n) is 6.83. The van der Waals surface area contributed by atoms with E-state index in [1.807, 2.05) is 37.3 Å². The highest BCUT2D eigenvalue weighted by Gasteiger charge is 2.16. The number of amides is 1. The Morgan fingerprint density at radius 1 is 1.37 bits per heavy atom. The molecular weight excluding hydrogens is 240 g/mol. The van der Waals surface area contributed by atoms with E-state index in [-0.39, 0.29) is 11.9 Å². The Hall–Kier alpha value is -1.55. The fraction of sp³-hybridized carbons (Fsp3) is 0.533. The fourth-order valence-corrected chi connectivity index (χ4v) is 1.84. The number of rotatable bonds is 8. The summed E-state index contributed by atoms with van der Waals surface area (Å²) in [5.74, 6) is 0.876. The number of likely N-dealkylation sites (N-methyl/N-ethyl adjacent to an activating group) is 1. The summed E-state index contributed by atoms with van der Waals surface area (Å²) in [6.45, 7) is 3.30. The Bertz CT molecular complexity index is 368. The second-order valence-corrected chi connectivity index (χ2v) is 4.67. The van der Waals surface area contributed by atoms with Crippen molar-refractivity contribution in [3.8, 4) is 5.75 Å². The first kappa shape index (κ1) is 15.5. The van der Waals surface area contributed by atoms with Gasteiger partial charge in [0, 0.05) is 13.6 Å². The van der Waals surface area contributed by atoms with E-state index in [9.17, 15) is 4.79 Å². The van der Waals surface area contributed by atoms with E-state index in [0.717, 1.165) is 25.0 Å². The summed E-state index contributed by atoms with van der Waals surface area (Å²) in [6.07, 6.45) is 2.47. The number of para-hydroxylation sites is 1. The van der Waals surface area contributed by atoms with Gasteiger partial charge in [0.05, 0.1) is 12.6 Å². The lowest BCUT2D eigenvalue weighted by atomic mass is 10.1. The first-order chi connectivity index (χ1) is 9.15. The third kappa shape index (κ3) is 5.75. The molecule has 0 aromatic heterocycles. The van der Waals surface area contributed by atoms with Crippen LogP contribution in [0.5, 0.6) is 5.75 Å². The van der Waals surface area contributed by atoms with Crippen molar-refractivity contribution >= 4 is 5.91 Å². The average molecular weight is 264 g/mol. The van der Waals surface area contributed by atoms with E-state index in [1.54, 1.807) is 11.9 Å². The maximum Gasteiger partial charge on any atom is 0.239 e. The predicted octanol–water partition coefficient (Wildman–Crippen LogP) is 2.04. The molecule has 0 saturated heterocycles. The van der Waals surface area contributed by atoms with Crippen LogP contribution in [-0.2, 0) is 4.79 Å². The number of benzene rings is 1. The van der Waals surface area contributed by atoms with Crippen LogP contribution in [0.25, 0.3) is 0 Å². The van der Waals surface area contributed by atoms with Crippen LogP contribution in [-0.4, -0.2) is 37.0 Å². The Morgan fingerprint density at radius 3 is 2.68 bits per heavy atom. The van der Waals surface area contributed by atoms with Gasteiger partial charge in [-0.25, -0.2) is 0 Å². The van der Waals surface area contributed by atoms with E-state index >= 15 is 0 Å². The number of ether oxygens (including phenoxy) is 1. The molecule has 0 radical (unpaired) electrons. The van der Waals surface area contributed by atoms with E-state index in [1.165, 1.54) is 0 Å². The SMILES string of the molecule is CCC[C@@H](N)C(=O)N(C)CCCOc1ccccc1. The molecule has 0 aliphatic heterocycles. The molecule has 1 amide bonds. The number of nitrogens with zero attached hydrogens (tertiary/aromatic N) is 1. The lowest BCUT2D eigenvalue weighted by molar-refractivity contribution is -0.131. The highest BCUT2D eigenvalue weighted by molar-refractivity contribution is 5.81. The second-order valence-electron chi connectivity index (χ2n) is 4.67. The molecule has 0 spiro atoms. The second kappa shape index (κ2) is 8.53. The summed E-state index contributed by atoms with van der Waals surface area (Å²) in [4.78, 5) is 13.5. The highest BCUT2D eigenvalue weighted by atomic mass is 16.5. The average Bonchev–Trinajstić information content (AvgIpc) is 2.44. The standard InChI is InChI=1S/C15H24N2O2/c1-3-8-14(16)15(18)17(2)11-7-12-19-13-9-5-4-6-10-13/h4-6,9-10,14H,3,7-8,11-12,16H2,1-2H3/t14-/m1/s1. The van der Waals surface area contributed by atoms with E-state index < -0.39 is 0 Å². The molecule has 19 heavy (non-hydrogen) atoms. The van der Waals surface area contributed by atoms with Crippen molar-refractivity contribution in [1.82, 2.24) is 4.90 Å². The number of carbonyl (C=O) groups excluding carboxylic acids is 1. The molecule has 0 heterocycles. The zero-order chi connectivity index (χ0) is 14.1. The summed E-state index contributed by atoms with van der Waals surface area (Å²) in [5, 5.41) is 0. The van der Waals surface area contributed by atoms with Crippen molar-refractivity contribution < 1.29 is 9.53 Å². The minimum absolute atomic E-state index is 0.0153. The van der Waals surface area contributed by atoms with Crippen molar-refractivity contribution in [1.29, 1.82) is 0 Å². The van der Waals surface area contributed by atoms with Crippen LogP contribution < -0.4 is 10.5 Å². The van der Waals surface area contributed by atoms with Crippen molar-refractivity contribution in [2.75, 3.05) is 20.2 Å². The highest BCUT2D eigenvalue weighted by Crippen LogP contribution is 2.08. The van der Waals surface area contributed by atoms with Crippen molar-refractivity contribution in [2.45, 2.75) is 32.2 Å². The summed E-state index contributed by atoms with van der Waals surface area (Å²) >= 11 is 0. The van der Waals surface area contributed by atoms with Gasteiger partial charge in [-0.1, -0.05) is 31.5 Å².